The molecule has 4 heteroatoms. The quantitative estimate of drug-likeness (QED) is 0.890. The summed E-state index contributed by atoms with van der Waals surface area (Å²) >= 11 is 6.13. The van der Waals surface area contributed by atoms with E-state index in [2.05, 4.69) is 11.4 Å². The van der Waals surface area contributed by atoms with Crippen molar-refractivity contribution < 1.29 is 4.74 Å². The number of rotatable bonds is 5. The molecule has 1 N–H and O–H groups in total. The molecule has 0 saturated carbocycles. The van der Waals surface area contributed by atoms with Crippen molar-refractivity contribution in [1.29, 1.82) is 5.26 Å². The average molecular weight is 301 g/mol. The molecule has 0 fully saturated rings. The van der Waals surface area contributed by atoms with E-state index in [4.69, 9.17) is 21.6 Å². The predicted molar refractivity (Wildman–Crippen MR) is 85.9 cm³/mol. The molecule has 2 aromatic carbocycles. The fourth-order valence-electron chi connectivity index (χ4n) is 1.86. The molecule has 2 aromatic rings. The van der Waals surface area contributed by atoms with Crippen molar-refractivity contribution in [2.45, 2.75) is 19.9 Å². The number of hydrogen-bond acceptors (Lipinski definition) is 3. The van der Waals surface area contributed by atoms with Crippen LogP contribution in [0.2, 0.25) is 5.02 Å². The molecule has 0 spiro atoms. The molecule has 1 unspecified atom stereocenters. The van der Waals surface area contributed by atoms with Gasteiger partial charge in [-0.2, -0.15) is 5.26 Å². The zero-order chi connectivity index (χ0) is 15.2. The number of benzene rings is 2. The van der Waals surface area contributed by atoms with Crippen LogP contribution in [-0.4, -0.2) is 12.6 Å². The first-order chi connectivity index (χ1) is 10.1. The zero-order valence-corrected chi connectivity index (χ0v) is 12.8. The van der Waals surface area contributed by atoms with Gasteiger partial charge in [-0.15, -0.1) is 0 Å². The maximum absolute atomic E-state index is 8.82. The molecule has 0 amide bonds. The molecule has 0 bridgehead atoms. The van der Waals surface area contributed by atoms with Crippen LogP contribution < -0.4 is 10.1 Å². The Morgan fingerprint density at radius 2 is 1.95 bits per heavy atom. The number of anilines is 1. The van der Waals surface area contributed by atoms with Crippen LogP contribution >= 0.6 is 11.6 Å². The van der Waals surface area contributed by atoms with Gasteiger partial charge in [0, 0.05) is 0 Å². The molecular weight excluding hydrogens is 284 g/mol. The van der Waals surface area contributed by atoms with E-state index in [1.54, 1.807) is 12.1 Å². The van der Waals surface area contributed by atoms with Crippen molar-refractivity contribution in [2.75, 3.05) is 11.9 Å². The smallest absolute Gasteiger partial charge is 0.119 e. The van der Waals surface area contributed by atoms with E-state index in [-0.39, 0.29) is 6.04 Å². The molecule has 0 saturated heterocycles. The Morgan fingerprint density at radius 1 is 1.24 bits per heavy atom. The maximum atomic E-state index is 8.82. The van der Waals surface area contributed by atoms with Crippen molar-refractivity contribution in [3.63, 3.8) is 0 Å². The van der Waals surface area contributed by atoms with E-state index in [9.17, 15) is 0 Å². The maximum Gasteiger partial charge on any atom is 0.119 e. The normalized spacial score (nSPS) is 11.5. The average Bonchev–Trinajstić information content (AvgIpc) is 2.48. The molecule has 0 radical (unpaired) electrons. The molecule has 1 atom stereocenters. The van der Waals surface area contributed by atoms with Crippen molar-refractivity contribution >= 4 is 17.3 Å². The van der Waals surface area contributed by atoms with Crippen LogP contribution in [0.25, 0.3) is 0 Å². The summed E-state index contributed by atoms with van der Waals surface area (Å²) < 4.78 is 5.72. The van der Waals surface area contributed by atoms with Gasteiger partial charge < -0.3 is 10.1 Å². The molecule has 0 aliphatic rings. The number of hydrogen-bond donors (Lipinski definition) is 1. The van der Waals surface area contributed by atoms with Crippen LogP contribution in [0, 0.1) is 18.3 Å². The molecule has 21 heavy (non-hydrogen) atoms. The molecule has 3 nitrogen and oxygen atoms in total. The Labute approximate surface area is 130 Å². The topological polar surface area (TPSA) is 45.0 Å². The Balaban J connectivity index is 1.91. The highest BCUT2D eigenvalue weighted by molar-refractivity contribution is 6.33. The highest BCUT2D eigenvalue weighted by Gasteiger charge is 2.07. The van der Waals surface area contributed by atoms with Gasteiger partial charge in [0.25, 0.3) is 0 Å². The van der Waals surface area contributed by atoms with Gasteiger partial charge in [0.05, 0.1) is 28.4 Å². The van der Waals surface area contributed by atoms with Gasteiger partial charge in [0.1, 0.15) is 12.4 Å². The summed E-state index contributed by atoms with van der Waals surface area (Å²) in [6, 6.07) is 15.3. The second kappa shape index (κ2) is 7.01. The fourth-order valence-corrected chi connectivity index (χ4v) is 2.10. The molecular formula is C17H17ClN2O. The third-order valence-electron chi connectivity index (χ3n) is 3.02. The number of halogens is 1. The van der Waals surface area contributed by atoms with Crippen LogP contribution in [0.1, 0.15) is 18.1 Å². The third kappa shape index (κ3) is 4.40. The Bertz CT molecular complexity index is 647. The lowest BCUT2D eigenvalue weighted by Crippen LogP contribution is -2.23. The van der Waals surface area contributed by atoms with Crippen molar-refractivity contribution in [3.05, 3.63) is 58.6 Å². The van der Waals surface area contributed by atoms with Crippen molar-refractivity contribution in [3.8, 4) is 11.8 Å². The van der Waals surface area contributed by atoms with Crippen LogP contribution in [0.15, 0.2) is 42.5 Å². The van der Waals surface area contributed by atoms with E-state index in [0.29, 0.717) is 17.2 Å². The van der Waals surface area contributed by atoms with E-state index in [0.717, 1.165) is 11.4 Å². The number of nitriles is 1. The number of aryl methyl sites for hydroxylation is 1. The van der Waals surface area contributed by atoms with Crippen LogP contribution in [0.5, 0.6) is 5.75 Å². The first-order valence-electron chi connectivity index (χ1n) is 6.74. The lowest BCUT2D eigenvalue weighted by atomic mass is 10.2. The minimum absolute atomic E-state index is 0.0942. The SMILES string of the molecule is Cc1ccc(OCC(C)Nc2ccc(C#N)cc2Cl)cc1. The Hall–Kier alpha value is -2.18. The van der Waals surface area contributed by atoms with Crippen molar-refractivity contribution in [2.24, 2.45) is 0 Å². The fraction of sp³-hybridized carbons (Fsp3) is 0.235. The van der Waals surface area contributed by atoms with Gasteiger partial charge in [-0.3, -0.25) is 0 Å². The van der Waals surface area contributed by atoms with Crippen molar-refractivity contribution in [1.82, 2.24) is 0 Å². The molecule has 0 aliphatic carbocycles. The number of nitrogens with zero attached hydrogens (tertiary/aromatic N) is 1. The van der Waals surface area contributed by atoms with Gasteiger partial charge in [0.15, 0.2) is 0 Å². The minimum atomic E-state index is 0.0942. The Kier molecular flexibility index (Phi) is 5.08. The van der Waals surface area contributed by atoms with Gasteiger partial charge in [-0.1, -0.05) is 29.3 Å². The molecule has 0 heterocycles. The van der Waals surface area contributed by atoms with Gasteiger partial charge >= 0.3 is 0 Å². The number of nitrogens with one attached hydrogen (secondary N) is 1. The lowest BCUT2D eigenvalue weighted by molar-refractivity contribution is 0.304. The summed E-state index contributed by atoms with van der Waals surface area (Å²) in [5.74, 6) is 0.847. The zero-order valence-electron chi connectivity index (χ0n) is 12.1. The summed E-state index contributed by atoms with van der Waals surface area (Å²) in [6.45, 7) is 4.59. The third-order valence-corrected chi connectivity index (χ3v) is 3.33. The summed E-state index contributed by atoms with van der Waals surface area (Å²) in [5, 5.41) is 12.6. The molecule has 108 valence electrons. The van der Waals surface area contributed by atoms with Gasteiger partial charge in [-0.05, 0) is 44.2 Å². The highest BCUT2D eigenvalue weighted by atomic mass is 35.5. The molecule has 0 aliphatic heterocycles. The van der Waals surface area contributed by atoms with E-state index in [1.807, 2.05) is 44.2 Å². The summed E-state index contributed by atoms with van der Waals surface area (Å²) in [6.07, 6.45) is 0. The predicted octanol–water partition coefficient (Wildman–Crippen LogP) is 4.40. The van der Waals surface area contributed by atoms with Crippen LogP contribution in [0.4, 0.5) is 5.69 Å². The second-order valence-corrected chi connectivity index (χ2v) is 5.38. The van der Waals surface area contributed by atoms with Gasteiger partial charge in [0.2, 0.25) is 0 Å². The summed E-state index contributed by atoms with van der Waals surface area (Å²) in [5.41, 5.74) is 2.56. The summed E-state index contributed by atoms with van der Waals surface area (Å²) in [7, 11) is 0. The largest absolute Gasteiger partial charge is 0.491 e. The van der Waals surface area contributed by atoms with E-state index in [1.165, 1.54) is 5.56 Å². The first kappa shape index (κ1) is 15.2. The number of ether oxygens (including phenoxy) is 1. The highest BCUT2D eigenvalue weighted by Crippen LogP contribution is 2.23. The van der Waals surface area contributed by atoms with E-state index < -0.39 is 0 Å². The molecule has 0 aromatic heterocycles. The monoisotopic (exact) mass is 300 g/mol. The molecule has 2 rings (SSSR count). The second-order valence-electron chi connectivity index (χ2n) is 4.98. The lowest BCUT2D eigenvalue weighted by Gasteiger charge is -2.17. The van der Waals surface area contributed by atoms with Gasteiger partial charge in [-0.25, -0.2) is 0 Å². The Morgan fingerprint density at radius 3 is 2.57 bits per heavy atom. The first-order valence-corrected chi connectivity index (χ1v) is 7.12. The van der Waals surface area contributed by atoms with Crippen LogP contribution in [0.3, 0.4) is 0 Å². The van der Waals surface area contributed by atoms with E-state index >= 15 is 0 Å². The summed E-state index contributed by atoms with van der Waals surface area (Å²) in [4.78, 5) is 0. The van der Waals surface area contributed by atoms with Crippen LogP contribution in [-0.2, 0) is 0 Å². The standard InChI is InChI=1S/C17H17ClN2O/c1-12-3-6-15(7-4-12)21-11-13(2)20-17-8-5-14(10-19)9-16(17)18/h3-9,13,20H,11H2,1-2H3. The minimum Gasteiger partial charge on any atom is -0.491 e.